The maximum atomic E-state index is 12.5. The fourth-order valence-corrected chi connectivity index (χ4v) is 3.84. The second kappa shape index (κ2) is 8.10. The Bertz CT molecular complexity index is 971. The van der Waals surface area contributed by atoms with Gasteiger partial charge in [0.05, 0.1) is 4.91 Å². The van der Waals surface area contributed by atoms with Crippen molar-refractivity contribution in [2.45, 2.75) is 13.8 Å². The number of hydrogen-bond donors (Lipinski definition) is 1. The quantitative estimate of drug-likeness (QED) is 0.691. The van der Waals surface area contributed by atoms with E-state index in [1.165, 1.54) is 0 Å². The number of nitrogens with one attached hydrogen (secondary N) is 1. The Kier molecular flexibility index (Phi) is 5.82. The monoisotopic (exact) mass is 444 g/mol. The van der Waals surface area contributed by atoms with Crippen LogP contribution in [0.2, 0.25) is 0 Å². The van der Waals surface area contributed by atoms with E-state index in [1.807, 2.05) is 56.3 Å². The average Bonchev–Trinajstić information content (AvgIpc) is 2.86. The van der Waals surface area contributed by atoms with Gasteiger partial charge in [0.25, 0.3) is 11.1 Å². The van der Waals surface area contributed by atoms with Gasteiger partial charge in [-0.15, -0.1) is 0 Å². The number of amides is 3. The highest BCUT2D eigenvalue weighted by atomic mass is 79.9. The second-order valence-electron chi connectivity index (χ2n) is 6.19. The molecule has 2 aromatic rings. The third-order valence-corrected chi connectivity index (χ3v) is 5.39. The summed E-state index contributed by atoms with van der Waals surface area (Å²) in [4.78, 5) is 38.3. The van der Waals surface area contributed by atoms with Crippen molar-refractivity contribution in [3.05, 3.63) is 68.5 Å². The third-order valence-electron chi connectivity index (χ3n) is 3.99. The van der Waals surface area contributed by atoms with E-state index in [-0.39, 0.29) is 6.54 Å². The number of thioether (sulfide) groups is 1. The van der Waals surface area contributed by atoms with Gasteiger partial charge in [-0.1, -0.05) is 40.2 Å². The molecule has 0 saturated carbocycles. The van der Waals surface area contributed by atoms with Crippen LogP contribution in [0.1, 0.15) is 16.7 Å². The molecule has 1 aliphatic heterocycles. The van der Waals surface area contributed by atoms with Gasteiger partial charge >= 0.3 is 0 Å². The fraction of sp³-hybridized carbons (Fsp3) is 0.150. The van der Waals surface area contributed by atoms with Crippen LogP contribution in [0.15, 0.2) is 51.8 Å². The van der Waals surface area contributed by atoms with E-state index in [0.29, 0.717) is 10.6 Å². The molecule has 0 unspecified atom stereocenters. The summed E-state index contributed by atoms with van der Waals surface area (Å²) in [5.41, 5.74) is 3.41. The summed E-state index contributed by atoms with van der Waals surface area (Å²) >= 11 is 4.21. The molecular formula is C20H17BrN2O3S. The van der Waals surface area contributed by atoms with Crippen LogP contribution in [-0.2, 0) is 9.59 Å². The molecular weight excluding hydrogens is 428 g/mol. The molecule has 3 rings (SSSR count). The Balaban J connectivity index is 1.72. The first-order chi connectivity index (χ1) is 12.8. The zero-order valence-corrected chi connectivity index (χ0v) is 17.2. The summed E-state index contributed by atoms with van der Waals surface area (Å²) in [5.74, 6) is -0.865. The van der Waals surface area contributed by atoms with E-state index in [2.05, 4.69) is 21.2 Å². The van der Waals surface area contributed by atoms with Crippen molar-refractivity contribution >= 4 is 56.5 Å². The number of imide groups is 1. The van der Waals surface area contributed by atoms with E-state index in [1.54, 1.807) is 6.08 Å². The Hall–Kier alpha value is -2.38. The van der Waals surface area contributed by atoms with Gasteiger partial charge in [-0.25, -0.2) is 0 Å². The van der Waals surface area contributed by atoms with Gasteiger partial charge in [0.1, 0.15) is 6.54 Å². The lowest BCUT2D eigenvalue weighted by atomic mass is 10.1. The van der Waals surface area contributed by atoms with Crippen molar-refractivity contribution in [1.82, 2.24) is 4.90 Å². The minimum atomic E-state index is -0.457. The van der Waals surface area contributed by atoms with Crippen LogP contribution in [-0.4, -0.2) is 28.5 Å². The lowest BCUT2D eigenvalue weighted by Gasteiger charge is -2.14. The number of rotatable bonds is 4. The van der Waals surface area contributed by atoms with Crippen molar-refractivity contribution in [3.8, 4) is 0 Å². The van der Waals surface area contributed by atoms with Gasteiger partial charge in [0, 0.05) is 10.2 Å². The van der Waals surface area contributed by atoms with Crippen LogP contribution in [0.5, 0.6) is 0 Å². The molecule has 0 radical (unpaired) electrons. The maximum absolute atomic E-state index is 12.5. The summed E-state index contributed by atoms with van der Waals surface area (Å²) in [5, 5.41) is 2.32. The Morgan fingerprint density at radius 1 is 1.19 bits per heavy atom. The highest BCUT2D eigenvalue weighted by molar-refractivity contribution is 9.10. The average molecular weight is 445 g/mol. The highest BCUT2D eigenvalue weighted by Crippen LogP contribution is 2.32. The predicted octanol–water partition coefficient (Wildman–Crippen LogP) is 4.74. The summed E-state index contributed by atoms with van der Waals surface area (Å²) in [7, 11) is 0. The molecule has 3 amide bonds. The van der Waals surface area contributed by atoms with Gasteiger partial charge in [0.2, 0.25) is 5.91 Å². The number of hydrogen-bond acceptors (Lipinski definition) is 4. The van der Waals surface area contributed by atoms with Gasteiger partial charge < -0.3 is 5.32 Å². The lowest BCUT2D eigenvalue weighted by Crippen LogP contribution is -2.36. The molecule has 1 heterocycles. The Morgan fingerprint density at radius 3 is 2.70 bits per heavy atom. The van der Waals surface area contributed by atoms with E-state index >= 15 is 0 Å². The number of benzene rings is 2. The van der Waals surface area contributed by atoms with Gasteiger partial charge in [0.15, 0.2) is 0 Å². The van der Waals surface area contributed by atoms with Crippen LogP contribution in [0, 0.1) is 13.8 Å². The number of carbonyl (C=O) groups excluding carboxylic acids is 3. The topological polar surface area (TPSA) is 66.5 Å². The Morgan fingerprint density at radius 2 is 1.96 bits per heavy atom. The molecule has 1 fully saturated rings. The number of anilines is 1. The molecule has 27 heavy (non-hydrogen) atoms. The predicted molar refractivity (Wildman–Crippen MR) is 111 cm³/mol. The van der Waals surface area contributed by atoms with Gasteiger partial charge in [-0.2, -0.15) is 0 Å². The van der Waals surface area contributed by atoms with Crippen molar-refractivity contribution in [1.29, 1.82) is 0 Å². The zero-order valence-electron chi connectivity index (χ0n) is 14.8. The molecule has 0 aliphatic carbocycles. The first-order valence-electron chi connectivity index (χ1n) is 8.21. The summed E-state index contributed by atoms with van der Waals surface area (Å²) < 4.78 is 0.878. The molecule has 1 aliphatic rings. The summed E-state index contributed by atoms with van der Waals surface area (Å²) in [6.07, 6.45) is 1.65. The van der Waals surface area contributed by atoms with Crippen LogP contribution in [0.25, 0.3) is 6.08 Å². The molecule has 0 aromatic heterocycles. The molecule has 0 atom stereocenters. The first kappa shape index (κ1) is 19.4. The van der Waals surface area contributed by atoms with Gasteiger partial charge in [-0.3, -0.25) is 19.3 Å². The highest BCUT2D eigenvalue weighted by Gasteiger charge is 2.36. The molecule has 138 valence electrons. The number of halogens is 1. The second-order valence-corrected chi connectivity index (χ2v) is 8.10. The van der Waals surface area contributed by atoms with Crippen LogP contribution in [0.3, 0.4) is 0 Å². The summed E-state index contributed by atoms with van der Waals surface area (Å²) in [6, 6.07) is 13.1. The SMILES string of the molecule is Cc1ccc(C)c(NC(=O)CN2C(=O)S/C(=C/c3cccc(Br)c3)C2=O)c1. The van der Waals surface area contributed by atoms with Crippen LogP contribution in [0.4, 0.5) is 10.5 Å². The minimum absolute atomic E-state index is 0.303. The molecule has 0 bridgehead atoms. The van der Waals surface area contributed by atoms with E-state index in [9.17, 15) is 14.4 Å². The normalized spacial score (nSPS) is 15.5. The van der Waals surface area contributed by atoms with E-state index in [4.69, 9.17) is 0 Å². The lowest BCUT2D eigenvalue weighted by molar-refractivity contribution is -0.127. The molecule has 1 saturated heterocycles. The number of nitrogens with zero attached hydrogens (tertiary/aromatic N) is 1. The van der Waals surface area contributed by atoms with Crippen LogP contribution >= 0.6 is 27.7 Å². The summed E-state index contributed by atoms with van der Waals surface area (Å²) in [6.45, 7) is 3.50. The third kappa shape index (κ3) is 4.67. The van der Waals surface area contributed by atoms with Crippen molar-refractivity contribution < 1.29 is 14.4 Å². The van der Waals surface area contributed by atoms with Gasteiger partial charge in [-0.05, 0) is 66.6 Å². The van der Waals surface area contributed by atoms with E-state index in [0.717, 1.165) is 37.8 Å². The number of carbonyl (C=O) groups is 3. The van der Waals surface area contributed by atoms with E-state index < -0.39 is 17.1 Å². The minimum Gasteiger partial charge on any atom is -0.324 e. The molecule has 7 heteroatoms. The van der Waals surface area contributed by atoms with Crippen LogP contribution < -0.4 is 5.32 Å². The largest absolute Gasteiger partial charge is 0.324 e. The molecule has 1 N–H and O–H groups in total. The standard InChI is InChI=1S/C20H17BrN2O3S/c1-12-6-7-13(2)16(8-12)22-18(24)11-23-19(25)17(27-20(23)26)10-14-4-3-5-15(21)9-14/h3-10H,11H2,1-2H3,(H,22,24)/b17-10+. The zero-order chi connectivity index (χ0) is 19.6. The number of aryl methyl sites for hydroxylation is 2. The maximum Gasteiger partial charge on any atom is 0.294 e. The smallest absolute Gasteiger partial charge is 0.294 e. The van der Waals surface area contributed by atoms with Crippen molar-refractivity contribution in [2.24, 2.45) is 0 Å². The van der Waals surface area contributed by atoms with Crippen molar-refractivity contribution in [2.75, 3.05) is 11.9 Å². The Labute approximate surface area is 169 Å². The first-order valence-corrected chi connectivity index (χ1v) is 9.82. The molecule has 2 aromatic carbocycles. The molecule has 5 nitrogen and oxygen atoms in total. The van der Waals surface area contributed by atoms with Crippen molar-refractivity contribution in [3.63, 3.8) is 0 Å². The fourth-order valence-electron chi connectivity index (χ4n) is 2.59. The molecule has 0 spiro atoms.